The van der Waals surface area contributed by atoms with Gasteiger partial charge in [0.15, 0.2) is 4.32 Å². The van der Waals surface area contributed by atoms with Crippen molar-refractivity contribution in [1.82, 2.24) is 15.3 Å². The highest BCUT2D eigenvalue weighted by Gasteiger charge is 2.39. The second-order valence-electron chi connectivity index (χ2n) is 5.87. The van der Waals surface area contributed by atoms with Gasteiger partial charge >= 0.3 is 0 Å². The number of hydrogen-bond acceptors (Lipinski definition) is 6. The highest BCUT2D eigenvalue weighted by Crippen LogP contribution is 2.28. The number of nitrogens with one attached hydrogen (secondary N) is 1. The largest absolute Gasteiger partial charge is 0.507 e. The van der Waals surface area contributed by atoms with Gasteiger partial charge < -0.3 is 10.0 Å². The lowest BCUT2D eigenvalue weighted by molar-refractivity contribution is -0.128. The van der Waals surface area contributed by atoms with Gasteiger partial charge in [-0.1, -0.05) is 42.5 Å². The molecule has 2 saturated heterocycles. The molecule has 1 aromatic carbocycles. The molecule has 0 aliphatic carbocycles. The van der Waals surface area contributed by atoms with Crippen molar-refractivity contribution in [2.24, 2.45) is 0 Å². The Labute approximate surface area is 150 Å². The van der Waals surface area contributed by atoms with Gasteiger partial charge in [-0.2, -0.15) is 0 Å². The average Bonchev–Trinajstić information content (AvgIpc) is 2.83. The van der Waals surface area contributed by atoms with Crippen LogP contribution in [0.2, 0.25) is 0 Å². The monoisotopic (exact) mass is 365 g/mol. The van der Waals surface area contributed by atoms with E-state index in [9.17, 15) is 14.7 Å². The number of rotatable bonds is 4. The first-order chi connectivity index (χ1) is 11.6. The van der Waals surface area contributed by atoms with Crippen LogP contribution in [0.4, 0.5) is 0 Å². The first-order valence-corrected chi connectivity index (χ1v) is 9.21. The molecule has 2 fully saturated rings. The van der Waals surface area contributed by atoms with Crippen LogP contribution in [0, 0.1) is 0 Å². The zero-order chi connectivity index (χ0) is 17.1. The zero-order valence-electron chi connectivity index (χ0n) is 13.1. The minimum Gasteiger partial charge on any atom is -0.507 e. The minimum atomic E-state index is -0.553. The molecule has 2 aliphatic heterocycles. The third-order valence-electron chi connectivity index (χ3n) is 4.16. The predicted molar refractivity (Wildman–Crippen MR) is 96.7 cm³/mol. The van der Waals surface area contributed by atoms with Crippen molar-refractivity contribution in [2.45, 2.75) is 24.5 Å². The molecule has 0 radical (unpaired) electrons. The van der Waals surface area contributed by atoms with E-state index >= 15 is 0 Å². The number of nitrogens with zero attached hydrogens (tertiary/aromatic N) is 2. The lowest BCUT2D eigenvalue weighted by Gasteiger charge is -2.27. The lowest BCUT2D eigenvalue weighted by Crippen LogP contribution is -2.48. The van der Waals surface area contributed by atoms with Crippen LogP contribution in [-0.4, -0.2) is 56.0 Å². The first-order valence-electron chi connectivity index (χ1n) is 7.92. The summed E-state index contributed by atoms with van der Waals surface area (Å²) in [5.74, 6) is -0.896. The Balaban J connectivity index is 1.63. The van der Waals surface area contributed by atoms with Crippen molar-refractivity contribution in [3.63, 3.8) is 0 Å². The molecule has 3 rings (SSSR count). The number of hydrogen-bond donors (Lipinski definition) is 2. The van der Waals surface area contributed by atoms with Crippen molar-refractivity contribution < 1.29 is 14.7 Å². The standard InChI is InChI=1S/C16H19N3O3S2/c20-12-7-3-2-6-11(12)14(21)17-19-15(22)13(24-16(19)23)10-18-8-4-1-5-9-18/h2-3,6-7,13,20H,1,4-5,8-10H2,(H,17,21). The van der Waals surface area contributed by atoms with Gasteiger partial charge in [-0.25, -0.2) is 5.01 Å². The molecule has 2 amide bonds. The summed E-state index contributed by atoms with van der Waals surface area (Å²) in [5.41, 5.74) is 2.62. The number of likely N-dealkylation sites (tertiary alicyclic amines) is 1. The van der Waals surface area contributed by atoms with Crippen molar-refractivity contribution in [2.75, 3.05) is 19.6 Å². The van der Waals surface area contributed by atoms with E-state index in [0.717, 1.165) is 30.9 Å². The van der Waals surface area contributed by atoms with Crippen LogP contribution in [0.15, 0.2) is 24.3 Å². The van der Waals surface area contributed by atoms with Crippen molar-refractivity contribution >= 4 is 40.1 Å². The van der Waals surface area contributed by atoms with E-state index in [0.29, 0.717) is 10.9 Å². The van der Waals surface area contributed by atoms with E-state index in [1.807, 2.05) is 0 Å². The summed E-state index contributed by atoms with van der Waals surface area (Å²) in [6, 6.07) is 6.19. The highest BCUT2D eigenvalue weighted by atomic mass is 32.2. The van der Waals surface area contributed by atoms with Crippen LogP contribution < -0.4 is 5.43 Å². The van der Waals surface area contributed by atoms with Crippen LogP contribution >= 0.6 is 24.0 Å². The van der Waals surface area contributed by atoms with Gasteiger partial charge in [0.25, 0.3) is 11.8 Å². The van der Waals surface area contributed by atoms with Crippen LogP contribution in [0.5, 0.6) is 5.75 Å². The van der Waals surface area contributed by atoms with E-state index in [4.69, 9.17) is 12.2 Å². The van der Waals surface area contributed by atoms with Gasteiger partial charge in [0.2, 0.25) is 0 Å². The van der Waals surface area contributed by atoms with Crippen LogP contribution in [0.25, 0.3) is 0 Å². The topological polar surface area (TPSA) is 72.9 Å². The van der Waals surface area contributed by atoms with Gasteiger partial charge in [0.1, 0.15) is 11.0 Å². The second kappa shape index (κ2) is 7.50. The molecule has 6 nitrogen and oxygen atoms in total. The molecule has 2 N–H and O–H groups in total. The number of amides is 2. The average molecular weight is 365 g/mol. The second-order valence-corrected chi connectivity index (χ2v) is 7.70. The molecule has 1 atom stereocenters. The van der Waals surface area contributed by atoms with Crippen molar-refractivity contribution in [3.05, 3.63) is 29.8 Å². The Bertz CT molecular complexity index is 662. The number of benzene rings is 1. The third-order valence-corrected chi connectivity index (χ3v) is 5.65. The Kier molecular flexibility index (Phi) is 5.37. The normalized spacial score (nSPS) is 22.0. The molecule has 8 heteroatoms. The van der Waals surface area contributed by atoms with E-state index < -0.39 is 5.91 Å². The molecule has 2 heterocycles. The smallest absolute Gasteiger partial charge is 0.273 e. The number of piperidine rings is 1. The number of hydrazine groups is 1. The van der Waals surface area contributed by atoms with Crippen molar-refractivity contribution in [3.8, 4) is 5.75 Å². The van der Waals surface area contributed by atoms with E-state index in [-0.39, 0.29) is 22.5 Å². The zero-order valence-corrected chi connectivity index (χ0v) is 14.7. The molecule has 1 aromatic rings. The fourth-order valence-corrected chi connectivity index (χ4v) is 4.34. The van der Waals surface area contributed by atoms with Crippen molar-refractivity contribution in [1.29, 1.82) is 0 Å². The van der Waals surface area contributed by atoms with Gasteiger partial charge in [-0.3, -0.25) is 15.0 Å². The SMILES string of the molecule is O=C(NN1C(=O)C(CN2CCCCC2)SC1=S)c1ccccc1O. The number of phenols is 1. The Hall–Kier alpha value is -1.64. The number of thiocarbonyl (C=S) groups is 1. The Morgan fingerprint density at radius 1 is 1.29 bits per heavy atom. The molecular formula is C16H19N3O3S2. The van der Waals surface area contributed by atoms with Gasteiger partial charge in [-0.05, 0) is 38.1 Å². The number of para-hydroxylation sites is 1. The van der Waals surface area contributed by atoms with E-state index in [1.165, 1.54) is 30.3 Å². The maximum atomic E-state index is 12.6. The van der Waals surface area contributed by atoms with E-state index in [1.54, 1.807) is 12.1 Å². The quantitative estimate of drug-likeness (QED) is 0.792. The lowest BCUT2D eigenvalue weighted by atomic mass is 10.1. The van der Waals surface area contributed by atoms with Crippen LogP contribution in [0.3, 0.4) is 0 Å². The minimum absolute atomic E-state index is 0.109. The van der Waals surface area contributed by atoms with Crippen LogP contribution in [-0.2, 0) is 4.79 Å². The third kappa shape index (κ3) is 3.71. The predicted octanol–water partition coefficient (Wildman–Crippen LogP) is 1.75. The van der Waals surface area contributed by atoms with Gasteiger partial charge in [-0.15, -0.1) is 0 Å². The summed E-state index contributed by atoms with van der Waals surface area (Å²) in [5, 5.41) is 10.6. The maximum Gasteiger partial charge on any atom is 0.273 e. The number of carbonyl (C=O) groups excluding carboxylic acids is 2. The fourth-order valence-electron chi connectivity index (χ4n) is 2.88. The van der Waals surface area contributed by atoms with E-state index in [2.05, 4.69) is 10.3 Å². The number of phenolic OH excluding ortho intramolecular Hbond substituents is 1. The summed E-state index contributed by atoms with van der Waals surface area (Å²) >= 11 is 6.54. The molecule has 0 bridgehead atoms. The maximum absolute atomic E-state index is 12.6. The molecule has 0 spiro atoms. The number of aromatic hydroxyl groups is 1. The fraction of sp³-hybridized carbons (Fsp3) is 0.438. The number of thioether (sulfide) groups is 1. The van der Waals surface area contributed by atoms with Gasteiger partial charge in [0.05, 0.1) is 5.56 Å². The summed E-state index contributed by atoms with van der Waals surface area (Å²) in [4.78, 5) is 27.1. The summed E-state index contributed by atoms with van der Waals surface area (Å²) in [6.45, 7) is 2.65. The molecule has 0 saturated carbocycles. The summed E-state index contributed by atoms with van der Waals surface area (Å²) in [7, 11) is 0. The first kappa shape index (κ1) is 17.2. The van der Waals surface area contributed by atoms with Gasteiger partial charge in [0, 0.05) is 6.54 Å². The molecule has 24 heavy (non-hydrogen) atoms. The Morgan fingerprint density at radius 2 is 2.00 bits per heavy atom. The molecular weight excluding hydrogens is 346 g/mol. The molecule has 128 valence electrons. The molecule has 0 aromatic heterocycles. The summed E-state index contributed by atoms with van der Waals surface area (Å²) in [6.07, 6.45) is 3.55. The van der Waals surface area contributed by atoms with Crippen LogP contribution in [0.1, 0.15) is 29.6 Å². The summed E-state index contributed by atoms with van der Waals surface area (Å²) < 4.78 is 0.339. The highest BCUT2D eigenvalue weighted by molar-refractivity contribution is 8.24. The molecule has 2 aliphatic rings. The number of carbonyl (C=O) groups is 2. The Morgan fingerprint density at radius 3 is 2.71 bits per heavy atom. The molecule has 1 unspecified atom stereocenters.